The summed E-state index contributed by atoms with van der Waals surface area (Å²) < 4.78 is 13.7. The van der Waals surface area contributed by atoms with Gasteiger partial charge in [0.15, 0.2) is 0 Å². The number of halogens is 2. The first-order chi connectivity index (χ1) is 5.65. The Morgan fingerprint density at radius 2 is 2.25 bits per heavy atom. The van der Waals surface area contributed by atoms with Gasteiger partial charge < -0.3 is 0 Å². The molecule has 1 unspecified atom stereocenters. The molecular weight excluding hydrogens is 268 g/mol. The van der Waals surface area contributed by atoms with E-state index in [0.717, 1.165) is 9.13 Å². The van der Waals surface area contributed by atoms with E-state index in [1.54, 1.807) is 13.0 Å². The van der Waals surface area contributed by atoms with Gasteiger partial charge in [-0.05, 0) is 53.3 Å². The summed E-state index contributed by atoms with van der Waals surface area (Å²) in [6, 6.07) is 6.57. The molecule has 0 spiro atoms. The fraction of sp³-hybridized carbons (Fsp3) is 0.222. The van der Waals surface area contributed by atoms with E-state index < -0.39 is 0 Å². The van der Waals surface area contributed by atoms with Crippen molar-refractivity contribution in [1.29, 1.82) is 5.26 Å². The smallest absolute Gasteiger partial charge is 0.123 e. The number of nitriles is 1. The zero-order valence-corrected chi connectivity index (χ0v) is 8.67. The summed E-state index contributed by atoms with van der Waals surface area (Å²) in [6.07, 6.45) is 0. The van der Waals surface area contributed by atoms with E-state index in [1.807, 2.05) is 0 Å². The molecule has 0 aliphatic carbocycles. The SMILES string of the molecule is CC(C#N)c1cc(F)ccc1I. The zero-order chi connectivity index (χ0) is 9.14. The Morgan fingerprint density at radius 1 is 1.58 bits per heavy atom. The minimum Gasteiger partial charge on any atom is -0.207 e. The molecule has 12 heavy (non-hydrogen) atoms. The number of rotatable bonds is 1. The highest BCUT2D eigenvalue weighted by molar-refractivity contribution is 14.1. The topological polar surface area (TPSA) is 23.8 Å². The number of hydrogen-bond acceptors (Lipinski definition) is 1. The van der Waals surface area contributed by atoms with E-state index in [4.69, 9.17) is 5.26 Å². The molecule has 1 aromatic carbocycles. The quantitative estimate of drug-likeness (QED) is 0.722. The Hall–Kier alpha value is -0.630. The molecule has 1 rings (SSSR count). The normalized spacial score (nSPS) is 12.2. The maximum atomic E-state index is 12.7. The van der Waals surface area contributed by atoms with Crippen LogP contribution in [0.15, 0.2) is 18.2 Å². The van der Waals surface area contributed by atoms with Crippen LogP contribution >= 0.6 is 22.6 Å². The fourth-order valence-corrected chi connectivity index (χ4v) is 1.72. The van der Waals surface area contributed by atoms with Gasteiger partial charge in [-0.15, -0.1) is 0 Å². The molecule has 0 bridgehead atoms. The van der Waals surface area contributed by atoms with Gasteiger partial charge in [-0.2, -0.15) is 5.26 Å². The van der Waals surface area contributed by atoms with Crippen molar-refractivity contribution in [2.24, 2.45) is 0 Å². The van der Waals surface area contributed by atoms with Crippen LogP contribution < -0.4 is 0 Å². The minimum atomic E-state index is -0.285. The van der Waals surface area contributed by atoms with Gasteiger partial charge in [0.05, 0.1) is 12.0 Å². The van der Waals surface area contributed by atoms with E-state index in [1.165, 1.54) is 12.1 Å². The lowest BCUT2D eigenvalue weighted by atomic mass is 10.0. The van der Waals surface area contributed by atoms with Crippen LogP contribution in [0.4, 0.5) is 4.39 Å². The largest absolute Gasteiger partial charge is 0.207 e. The molecular formula is C9H7FIN. The molecule has 0 radical (unpaired) electrons. The third-order valence-corrected chi connectivity index (χ3v) is 2.60. The highest BCUT2D eigenvalue weighted by Crippen LogP contribution is 2.21. The molecule has 0 saturated carbocycles. The number of nitrogens with zero attached hydrogens (tertiary/aromatic N) is 1. The van der Waals surface area contributed by atoms with Crippen molar-refractivity contribution in [2.45, 2.75) is 12.8 Å². The Balaban J connectivity index is 3.15. The molecule has 0 aliphatic heterocycles. The van der Waals surface area contributed by atoms with Crippen LogP contribution in [-0.4, -0.2) is 0 Å². The second kappa shape index (κ2) is 3.85. The fourth-order valence-electron chi connectivity index (χ4n) is 0.916. The van der Waals surface area contributed by atoms with Crippen LogP contribution in [0.5, 0.6) is 0 Å². The van der Waals surface area contributed by atoms with Crippen molar-refractivity contribution in [2.75, 3.05) is 0 Å². The average molecular weight is 275 g/mol. The second-order valence-corrected chi connectivity index (χ2v) is 3.68. The van der Waals surface area contributed by atoms with Crippen molar-refractivity contribution in [3.63, 3.8) is 0 Å². The molecule has 1 nitrogen and oxygen atoms in total. The van der Waals surface area contributed by atoms with Gasteiger partial charge in [-0.1, -0.05) is 0 Å². The van der Waals surface area contributed by atoms with Gasteiger partial charge in [-0.3, -0.25) is 0 Å². The number of benzene rings is 1. The molecule has 1 atom stereocenters. The predicted molar refractivity (Wildman–Crippen MR) is 53.1 cm³/mol. The summed E-state index contributed by atoms with van der Waals surface area (Å²) in [7, 11) is 0. The third-order valence-electron chi connectivity index (χ3n) is 1.62. The van der Waals surface area contributed by atoms with Gasteiger partial charge in [0.2, 0.25) is 0 Å². The molecule has 0 fully saturated rings. The van der Waals surface area contributed by atoms with Gasteiger partial charge in [0, 0.05) is 3.57 Å². The Kier molecular flexibility index (Phi) is 3.04. The van der Waals surface area contributed by atoms with Crippen LogP contribution in [0.2, 0.25) is 0 Å². The van der Waals surface area contributed by atoms with Gasteiger partial charge >= 0.3 is 0 Å². The van der Waals surface area contributed by atoms with E-state index in [2.05, 4.69) is 28.7 Å². The average Bonchev–Trinajstić information content (AvgIpc) is 2.08. The highest BCUT2D eigenvalue weighted by atomic mass is 127. The summed E-state index contributed by atoms with van der Waals surface area (Å²) in [5, 5.41) is 8.63. The highest BCUT2D eigenvalue weighted by Gasteiger charge is 2.08. The second-order valence-electron chi connectivity index (χ2n) is 2.52. The molecule has 3 heteroatoms. The Bertz CT molecular complexity index is 330. The molecule has 62 valence electrons. The third kappa shape index (κ3) is 1.95. The number of hydrogen-bond donors (Lipinski definition) is 0. The van der Waals surface area contributed by atoms with Crippen LogP contribution in [0.25, 0.3) is 0 Å². The van der Waals surface area contributed by atoms with Crippen LogP contribution in [0.3, 0.4) is 0 Å². The predicted octanol–water partition coefficient (Wildman–Crippen LogP) is 3.06. The monoisotopic (exact) mass is 275 g/mol. The maximum absolute atomic E-state index is 12.7. The lowest BCUT2D eigenvalue weighted by Crippen LogP contribution is -1.94. The molecule has 0 saturated heterocycles. The van der Waals surface area contributed by atoms with Crippen molar-refractivity contribution in [3.8, 4) is 6.07 Å². The van der Waals surface area contributed by atoms with Crippen LogP contribution in [0.1, 0.15) is 18.4 Å². The van der Waals surface area contributed by atoms with Gasteiger partial charge in [-0.25, -0.2) is 4.39 Å². The zero-order valence-electron chi connectivity index (χ0n) is 6.51. The van der Waals surface area contributed by atoms with Gasteiger partial charge in [0.1, 0.15) is 5.82 Å². The first kappa shape index (κ1) is 9.46. The van der Waals surface area contributed by atoms with Crippen LogP contribution in [0, 0.1) is 20.7 Å². The van der Waals surface area contributed by atoms with Crippen LogP contribution in [-0.2, 0) is 0 Å². The van der Waals surface area contributed by atoms with E-state index in [-0.39, 0.29) is 11.7 Å². The molecule has 0 amide bonds. The van der Waals surface area contributed by atoms with E-state index >= 15 is 0 Å². The van der Waals surface area contributed by atoms with E-state index in [9.17, 15) is 4.39 Å². The van der Waals surface area contributed by atoms with Crippen molar-refractivity contribution in [3.05, 3.63) is 33.1 Å². The van der Waals surface area contributed by atoms with Crippen molar-refractivity contribution in [1.82, 2.24) is 0 Å². The lowest BCUT2D eigenvalue weighted by Gasteiger charge is -2.05. The molecule has 1 aromatic rings. The van der Waals surface area contributed by atoms with Crippen molar-refractivity contribution >= 4 is 22.6 Å². The summed E-state index contributed by atoms with van der Waals surface area (Å²) >= 11 is 2.10. The minimum absolute atomic E-state index is 0.243. The Labute approximate surface area is 84.3 Å². The first-order valence-electron chi connectivity index (χ1n) is 3.49. The summed E-state index contributed by atoms with van der Waals surface area (Å²) in [6.45, 7) is 1.76. The molecule has 0 aliphatic rings. The molecule has 0 heterocycles. The summed E-state index contributed by atoms with van der Waals surface area (Å²) in [5.41, 5.74) is 0.762. The lowest BCUT2D eigenvalue weighted by molar-refractivity contribution is 0.624. The van der Waals surface area contributed by atoms with E-state index in [0.29, 0.717) is 0 Å². The first-order valence-corrected chi connectivity index (χ1v) is 4.57. The standard InChI is InChI=1S/C9H7FIN/c1-6(5-12)8-4-7(10)2-3-9(8)11/h2-4,6H,1H3. The summed E-state index contributed by atoms with van der Waals surface area (Å²) in [5.74, 6) is -0.528. The molecule has 0 aromatic heterocycles. The van der Waals surface area contributed by atoms with Gasteiger partial charge in [0.25, 0.3) is 0 Å². The Morgan fingerprint density at radius 3 is 2.83 bits per heavy atom. The van der Waals surface area contributed by atoms with Crippen molar-refractivity contribution < 1.29 is 4.39 Å². The summed E-state index contributed by atoms with van der Waals surface area (Å²) in [4.78, 5) is 0. The molecule has 0 N–H and O–H groups in total. The maximum Gasteiger partial charge on any atom is 0.123 e.